The molecule has 7 heteroatoms. The van der Waals surface area contributed by atoms with E-state index in [1.807, 2.05) is 12.1 Å². The SMILES string of the molecule is CCCC(CNC(=O)CSc1ncccn1)c1ccc(Cl)cc1Cl. The lowest BCUT2D eigenvalue weighted by Crippen LogP contribution is -2.30. The van der Waals surface area contributed by atoms with Crippen LogP contribution in [0, 0.1) is 0 Å². The third-order valence-corrected chi connectivity index (χ3v) is 4.90. The predicted molar refractivity (Wildman–Crippen MR) is 99.9 cm³/mol. The van der Waals surface area contributed by atoms with Gasteiger partial charge in [0.05, 0.1) is 5.75 Å². The predicted octanol–water partition coefficient (Wildman–Crippen LogP) is 4.58. The average Bonchev–Trinajstić information content (AvgIpc) is 2.58. The third kappa shape index (κ3) is 5.96. The molecule has 0 spiro atoms. The number of benzene rings is 1. The van der Waals surface area contributed by atoms with E-state index in [4.69, 9.17) is 23.2 Å². The molecular formula is C17H19Cl2N3OS. The van der Waals surface area contributed by atoms with Crippen LogP contribution in [0.4, 0.5) is 0 Å². The van der Waals surface area contributed by atoms with Gasteiger partial charge in [0.25, 0.3) is 0 Å². The molecule has 0 bridgehead atoms. The summed E-state index contributed by atoms with van der Waals surface area (Å²) in [6.45, 7) is 2.66. The van der Waals surface area contributed by atoms with E-state index in [0.717, 1.165) is 18.4 Å². The molecule has 0 aliphatic rings. The summed E-state index contributed by atoms with van der Waals surface area (Å²) in [4.78, 5) is 20.2. The van der Waals surface area contributed by atoms with Crippen LogP contribution in [0.3, 0.4) is 0 Å². The average molecular weight is 384 g/mol. The molecule has 1 aromatic heterocycles. The van der Waals surface area contributed by atoms with Gasteiger partial charge in [-0.2, -0.15) is 0 Å². The molecule has 1 heterocycles. The maximum absolute atomic E-state index is 12.1. The van der Waals surface area contributed by atoms with E-state index in [9.17, 15) is 4.79 Å². The molecule has 0 radical (unpaired) electrons. The largest absolute Gasteiger partial charge is 0.355 e. The first kappa shape index (κ1) is 19.0. The molecule has 1 N–H and O–H groups in total. The molecule has 0 fully saturated rings. The van der Waals surface area contributed by atoms with E-state index in [1.54, 1.807) is 24.5 Å². The Morgan fingerprint density at radius 2 is 2.04 bits per heavy atom. The standard InChI is InChI=1S/C17H19Cl2N3OS/c1-2-4-12(14-6-5-13(18)9-15(14)19)10-22-16(23)11-24-17-20-7-3-8-21-17/h3,5-9,12H,2,4,10-11H2,1H3,(H,22,23). The van der Waals surface area contributed by atoms with E-state index in [-0.39, 0.29) is 17.6 Å². The molecule has 2 aromatic rings. The highest BCUT2D eigenvalue weighted by Gasteiger charge is 2.16. The van der Waals surface area contributed by atoms with E-state index < -0.39 is 0 Å². The van der Waals surface area contributed by atoms with Crippen molar-refractivity contribution in [2.45, 2.75) is 30.8 Å². The van der Waals surface area contributed by atoms with Gasteiger partial charge in [-0.3, -0.25) is 4.79 Å². The van der Waals surface area contributed by atoms with Gasteiger partial charge in [0.1, 0.15) is 0 Å². The highest BCUT2D eigenvalue weighted by molar-refractivity contribution is 7.99. The highest BCUT2D eigenvalue weighted by Crippen LogP contribution is 2.30. The Morgan fingerprint density at radius 1 is 1.29 bits per heavy atom. The van der Waals surface area contributed by atoms with Crippen molar-refractivity contribution in [2.75, 3.05) is 12.3 Å². The molecule has 1 atom stereocenters. The number of rotatable bonds is 8. The Kier molecular flexibility index (Phi) is 7.82. The molecule has 4 nitrogen and oxygen atoms in total. The fourth-order valence-electron chi connectivity index (χ4n) is 2.33. The summed E-state index contributed by atoms with van der Waals surface area (Å²) in [5.74, 6) is 0.414. The maximum Gasteiger partial charge on any atom is 0.230 e. The van der Waals surface area contributed by atoms with E-state index in [2.05, 4.69) is 22.2 Å². The lowest BCUT2D eigenvalue weighted by molar-refractivity contribution is -0.118. The number of aromatic nitrogens is 2. The summed E-state index contributed by atoms with van der Waals surface area (Å²) < 4.78 is 0. The number of carbonyl (C=O) groups is 1. The Bertz CT molecular complexity index is 670. The zero-order valence-corrected chi connectivity index (χ0v) is 15.7. The van der Waals surface area contributed by atoms with Gasteiger partial charge < -0.3 is 5.32 Å². The van der Waals surface area contributed by atoms with Crippen molar-refractivity contribution in [1.82, 2.24) is 15.3 Å². The Balaban J connectivity index is 1.89. The number of carbonyl (C=O) groups excluding carboxylic acids is 1. The number of hydrogen-bond donors (Lipinski definition) is 1. The zero-order chi connectivity index (χ0) is 17.4. The minimum Gasteiger partial charge on any atom is -0.355 e. The molecule has 128 valence electrons. The van der Waals surface area contributed by atoms with Crippen molar-refractivity contribution in [3.05, 3.63) is 52.3 Å². The summed E-state index contributed by atoms with van der Waals surface area (Å²) in [6.07, 6.45) is 5.27. The van der Waals surface area contributed by atoms with Crippen molar-refractivity contribution in [1.29, 1.82) is 0 Å². The molecule has 2 rings (SSSR count). The summed E-state index contributed by atoms with van der Waals surface area (Å²) >= 11 is 13.6. The number of halogens is 2. The van der Waals surface area contributed by atoms with Gasteiger partial charge in [-0.1, -0.05) is 54.4 Å². The van der Waals surface area contributed by atoms with Crippen LogP contribution >= 0.6 is 35.0 Å². The van der Waals surface area contributed by atoms with Crippen LogP contribution in [-0.4, -0.2) is 28.2 Å². The van der Waals surface area contributed by atoms with Crippen LogP contribution in [0.1, 0.15) is 31.2 Å². The van der Waals surface area contributed by atoms with Crippen molar-refractivity contribution in [2.24, 2.45) is 0 Å². The number of nitrogens with one attached hydrogen (secondary N) is 1. The van der Waals surface area contributed by atoms with Crippen molar-refractivity contribution >= 4 is 40.9 Å². The van der Waals surface area contributed by atoms with Gasteiger partial charge in [0.15, 0.2) is 5.16 Å². The van der Waals surface area contributed by atoms with Crippen LogP contribution in [0.5, 0.6) is 0 Å². The number of amides is 1. The van der Waals surface area contributed by atoms with Crippen molar-refractivity contribution < 1.29 is 4.79 Å². The first-order valence-corrected chi connectivity index (χ1v) is 9.45. The topological polar surface area (TPSA) is 54.9 Å². The maximum atomic E-state index is 12.1. The first-order valence-electron chi connectivity index (χ1n) is 7.71. The van der Waals surface area contributed by atoms with E-state index in [0.29, 0.717) is 21.7 Å². The minimum atomic E-state index is -0.0429. The lowest BCUT2D eigenvalue weighted by atomic mass is 9.94. The van der Waals surface area contributed by atoms with E-state index >= 15 is 0 Å². The smallest absolute Gasteiger partial charge is 0.230 e. The second-order valence-electron chi connectivity index (χ2n) is 5.28. The Labute approximate surface area is 156 Å². The molecule has 0 aliphatic carbocycles. The van der Waals surface area contributed by atoms with Crippen LogP contribution in [0.25, 0.3) is 0 Å². The molecule has 0 saturated carbocycles. The monoisotopic (exact) mass is 383 g/mol. The number of thioether (sulfide) groups is 1. The van der Waals surface area contributed by atoms with E-state index in [1.165, 1.54) is 11.8 Å². The quantitative estimate of drug-likeness (QED) is 0.535. The molecule has 0 aliphatic heterocycles. The van der Waals surface area contributed by atoms with Crippen molar-refractivity contribution in [3.63, 3.8) is 0 Å². The number of nitrogens with zero attached hydrogens (tertiary/aromatic N) is 2. The normalized spacial score (nSPS) is 12.0. The minimum absolute atomic E-state index is 0.0429. The van der Waals surface area contributed by atoms with Gasteiger partial charge >= 0.3 is 0 Å². The van der Waals surface area contributed by atoms with Gasteiger partial charge in [0.2, 0.25) is 5.91 Å². The molecule has 24 heavy (non-hydrogen) atoms. The summed E-state index contributed by atoms with van der Waals surface area (Å²) in [5, 5.41) is 4.82. The Morgan fingerprint density at radius 3 is 2.71 bits per heavy atom. The second kappa shape index (κ2) is 9.87. The van der Waals surface area contributed by atoms with Crippen LogP contribution < -0.4 is 5.32 Å². The Hall–Kier alpha value is -1.30. The summed E-state index contributed by atoms with van der Waals surface area (Å²) in [5.41, 5.74) is 1.02. The summed E-state index contributed by atoms with van der Waals surface area (Å²) in [6, 6.07) is 7.25. The molecule has 1 aromatic carbocycles. The second-order valence-corrected chi connectivity index (χ2v) is 7.06. The molecule has 1 amide bonds. The third-order valence-electron chi connectivity index (χ3n) is 3.46. The number of hydrogen-bond acceptors (Lipinski definition) is 4. The fraction of sp³-hybridized carbons (Fsp3) is 0.353. The first-order chi connectivity index (χ1) is 11.6. The van der Waals surface area contributed by atoms with Gasteiger partial charge in [-0.05, 0) is 30.2 Å². The van der Waals surface area contributed by atoms with Gasteiger partial charge in [0, 0.05) is 34.9 Å². The van der Waals surface area contributed by atoms with Crippen molar-refractivity contribution in [3.8, 4) is 0 Å². The van der Waals surface area contributed by atoms with Crippen LogP contribution in [-0.2, 0) is 4.79 Å². The fourth-order valence-corrected chi connectivity index (χ4v) is 3.52. The van der Waals surface area contributed by atoms with Gasteiger partial charge in [-0.15, -0.1) is 0 Å². The summed E-state index contributed by atoms with van der Waals surface area (Å²) in [7, 11) is 0. The lowest BCUT2D eigenvalue weighted by Gasteiger charge is -2.19. The molecular weight excluding hydrogens is 365 g/mol. The molecule has 0 saturated heterocycles. The van der Waals surface area contributed by atoms with Gasteiger partial charge in [-0.25, -0.2) is 9.97 Å². The van der Waals surface area contributed by atoms with Crippen LogP contribution in [0.2, 0.25) is 10.0 Å². The molecule has 1 unspecified atom stereocenters. The highest BCUT2D eigenvalue weighted by atomic mass is 35.5. The van der Waals surface area contributed by atoms with Crippen LogP contribution in [0.15, 0.2) is 41.8 Å². The zero-order valence-electron chi connectivity index (χ0n) is 13.3.